The molecule has 1 aromatic heterocycles. The molecule has 0 saturated carbocycles. The minimum absolute atomic E-state index is 0.0301. The summed E-state index contributed by atoms with van der Waals surface area (Å²) >= 11 is 0. The van der Waals surface area contributed by atoms with Crippen LogP contribution in [0.4, 0.5) is 0 Å². The summed E-state index contributed by atoms with van der Waals surface area (Å²) in [5.41, 5.74) is 0.413. The number of nitrogens with zero attached hydrogens (tertiary/aromatic N) is 1. The average molecular weight is 673 g/mol. The highest BCUT2D eigenvalue weighted by Crippen LogP contribution is 2.25. The number of hydrogen-bond donors (Lipinski definition) is 4. The van der Waals surface area contributed by atoms with Gasteiger partial charge in [-0.15, -0.1) is 0 Å². The number of carbonyl (C=O) groups is 3. The number of pyridine rings is 1. The van der Waals surface area contributed by atoms with Crippen LogP contribution in [0.15, 0.2) is 85.3 Å². The third-order valence-electron chi connectivity index (χ3n) is 5.69. The maximum absolute atomic E-state index is 11.7. The largest absolute Gasteiger partial charge is 0.396 e. The summed E-state index contributed by atoms with van der Waals surface area (Å²) in [5.74, 6) is 0.530. The second kappa shape index (κ2) is 33.3. The number of allylic oxidation sites excluding steroid dienone is 10. The highest BCUT2D eigenvalue weighted by atomic mass is 33.1. The van der Waals surface area contributed by atoms with Gasteiger partial charge in [0.25, 0.3) is 5.91 Å². The SMILES string of the molecule is CC/C=C\C/C=C\C/C=C\C/C=C\C/C=C\CCCC(=O)NCCSSC(C)C.O=C(CNC(=O)c1cccnc1)NCCCO. The zero-order chi connectivity index (χ0) is 33.9. The summed E-state index contributed by atoms with van der Waals surface area (Å²) in [6.45, 7) is 7.64. The minimum atomic E-state index is -0.338. The minimum Gasteiger partial charge on any atom is -0.396 e. The molecule has 0 radical (unpaired) electrons. The van der Waals surface area contributed by atoms with E-state index < -0.39 is 0 Å². The lowest BCUT2D eigenvalue weighted by Crippen LogP contribution is -2.37. The first-order valence-corrected chi connectivity index (χ1v) is 18.6. The maximum atomic E-state index is 11.7. The number of aliphatic hydroxyl groups excluding tert-OH is 1. The molecule has 0 atom stereocenters. The quantitative estimate of drug-likeness (QED) is 0.0524. The molecule has 1 rings (SSSR count). The zero-order valence-electron chi connectivity index (χ0n) is 28.0. The number of carbonyl (C=O) groups excluding carboxylic acids is 3. The molecule has 10 heteroatoms. The molecule has 46 heavy (non-hydrogen) atoms. The van der Waals surface area contributed by atoms with E-state index in [-0.39, 0.29) is 30.9 Å². The summed E-state index contributed by atoms with van der Waals surface area (Å²) < 4.78 is 0. The summed E-state index contributed by atoms with van der Waals surface area (Å²) in [4.78, 5) is 38.3. The van der Waals surface area contributed by atoms with Gasteiger partial charge < -0.3 is 21.1 Å². The van der Waals surface area contributed by atoms with Gasteiger partial charge in [-0.25, -0.2) is 0 Å². The second-order valence-corrected chi connectivity index (χ2v) is 13.3. The lowest BCUT2D eigenvalue weighted by atomic mass is 10.2. The summed E-state index contributed by atoms with van der Waals surface area (Å²) in [6.07, 6.45) is 33.2. The van der Waals surface area contributed by atoms with Crippen molar-refractivity contribution >= 4 is 39.3 Å². The van der Waals surface area contributed by atoms with Gasteiger partial charge in [0.05, 0.1) is 12.1 Å². The van der Waals surface area contributed by atoms with E-state index in [0.717, 1.165) is 57.2 Å². The summed E-state index contributed by atoms with van der Waals surface area (Å²) in [6, 6.07) is 3.27. The fraction of sp³-hybridized carbons (Fsp3) is 0.500. The van der Waals surface area contributed by atoms with Crippen LogP contribution in [-0.4, -0.2) is 65.1 Å². The number of amides is 3. The van der Waals surface area contributed by atoms with Crippen molar-refractivity contribution in [2.24, 2.45) is 0 Å². The van der Waals surface area contributed by atoms with Crippen LogP contribution in [0.5, 0.6) is 0 Å². The van der Waals surface area contributed by atoms with Gasteiger partial charge in [-0.1, -0.05) is 103 Å². The van der Waals surface area contributed by atoms with Crippen LogP contribution in [0.3, 0.4) is 0 Å². The Morgan fingerprint density at radius 3 is 2.00 bits per heavy atom. The van der Waals surface area contributed by atoms with Crippen molar-refractivity contribution in [3.8, 4) is 0 Å². The molecule has 0 aromatic carbocycles. The molecule has 0 bridgehead atoms. The van der Waals surface area contributed by atoms with Gasteiger partial charge in [0, 0.05) is 49.5 Å². The van der Waals surface area contributed by atoms with E-state index >= 15 is 0 Å². The van der Waals surface area contributed by atoms with Gasteiger partial charge in [0.2, 0.25) is 11.8 Å². The molecule has 256 valence electrons. The maximum Gasteiger partial charge on any atom is 0.253 e. The predicted molar refractivity (Wildman–Crippen MR) is 198 cm³/mol. The Kier molecular flexibility index (Phi) is 31.1. The number of unbranched alkanes of at least 4 members (excludes halogenated alkanes) is 1. The van der Waals surface area contributed by atoms with Crippen LogP contribution in [0.2, 0.25) is 0 Å². The molecule has 0 unspecified atom stereocenters. The molecular formula is C36H56N4O4S2. The fourth-order valence-corrected chi connectivity index (χ4v) is 5.29. The monoisotopic (exact) mass is 672 g/mol. The lowest BCUT2D eigenvalue weighted by molar-refractivity contribution is -0.121. The highest BCUT2D eigenvalue weighted by molar-refractivity contribution is 8.76. The van der Waals surface area contributed by atoms with Crippen LogP contribution in [0.25, 0.3) is 0 Å². The molecule has 0 aliphatic carbocycles. The van der Waals surface area contributed by atoms with Gasteiger partial charge in [0.15, 0.2) is 0 Å². The van der Waals surface area contributed by atoms with Crippen molar-refractivity contribution in [2.45, 2.75) is 83.8 Å². The van der Waals surface area contributed by atoms with Crippen LogP contribution in [-0.2, 0) is 9.59 Å². The number of aliphatic hydroxyl groups is 1. The van der Waals surface area contributed by atoms with Gasteiger partial charge in [-0.3, -0.25) is 19.4 Å². The van der Waals surface area contributed by atoms with E-state index in [9.17, 15) is 14.4 Å². The van der Waals surface area contributed by atoms with Gasteiger partial charge >= 0.3 is 0 Å². The smallest absolute Gasteiger partial charge is 0.253 e. The molecule has 1 heterocycles. The Balaban J connectivity index is 0.00000100. The molecule has 0 aliphatic rings. The zero-order valence-corrected chi connectivity index (χ0v) is 29.6. The Hall–Kier alpha value is -3.08. The van der Waals surface area contributed by atoms with E-state index in [1.54, 1.807) is 18.3 Å². The van der Waals surface area contributed by atoms with Gasteiger partial charge in [-0.2, -0.15) is 0 Å². The predicted octanol–water partition coefficient (Wildman–Crippen LogP) is 7.12. The fourth-order valence-electron chi connectivity index (χ4n) is 3.38. The van der Waals surface area contributed by atoms with Crippen LogP contribution in [0.1, 0.15) is 88.9 Å². The molecule has 0 fully saturated rings. The van der Waals surface area contributed by atoms with E-state index in [1.807, 2.05) is 21.6 Å². The number of nitrogens with one attached hydrogen (secondary N) is 3. The van der Waals surface area contributed by atoms with Crippen LogP contribution >= 0.6 is 21.6 Å². The highest BCUT2D eigenvalue weighted by Gasteiger charge is 2.07. The van der Waals surface area contributed by atoms with Gasteiger partial charge in [0.1, 0.15) is 0 Å². The molecule has 0 spiro atoms. The van der Waals surface area contributed by atoms with Crippen molar-refractivity contribution in [2.75, 3.05) is 32.0 Å². The first kappa shape index (κ1) is 42.9. The van der Waals surface area contributed by atoms with E-state index in [0.29, 0.717) is 30.2 Å². The van der Waals surface area contributed by atoms with Crippen molar-refractivity contribution in [1.29, 1.82) is 0 Å². The molecule has 0 saturated heterocycles. The summed E-state index contributed by atoms with van der Waals surface area (Å²) in [5, 5.41) is 17.2. The third-order valence-corrected chi connectivity index (χ3v) is 8.65. The van der Waals surface area contributed by atoms with E-state index in [4.69, 9.17) is 5.11 Å². The van der Waals surface area contributed by atoms with Crippen molar-refractivity contribution in [1.82, 2.24) is 20.9 Å². The molecule has 3 amide bonds. The number of aromatic nitrogens is 1. The third kappa shape index (κ3) is 30.9. The van der Waals surface area contributed by atoms with E-state index in [1.165, 1.54) is 6.20 Å². The Morgan fingerprint density at radius 2 is 1.43 bits per heavy atom. The molecular weight excluding hydrogens is 617 g/mol. The normalized spacial score (nSPS) is 11.6. The van der Waals surface area contributed by atoms with Crippen LogP contribution < -0.4 is 16.0 Å². The Labute approximate surface area is 285 Å². The molecule has 8 nitrogen and oxygen atoms in total. The molecule has 0 aliphatic heterocycles. The first-order chi connectivity index (χ1) is 22.4. The van der Waals surface area contributed by atoms with Crippen molar-refractivity contribution in [3.05, 3.63) is 90.9 Å². The lowest BCUT2D eigenvalue weighted by Gasteiger charge is -2.05. The Morgan fingerprint density at radius 1 is 0.826 bits per heavy atom. The second-order valence-electron chi connectivity index (χ2n) is 10.3. The molecule has 1 aromatic rings. The number of rotatable bonds is 24. The summed E-state index contributed by atoms with van der Waals surface area (Å²) in [7, 11) is 3.70. The van der Waals surface area contributed by atoms with Crippen molar-refractivity contribution in [3.63, 3.8) is 0 Å². The molecule has 4 N–H and O–H groups in total. The average Bonchev–Trinajstić information content (AvgIpc) is 3.05. The van der Waals surface area contributed by atoms with Crippen molar-refractivity contribution < 1.29 is 19.5 Å². The van der Waals surface area contributed by atoms with E-state index in [2.05, 4.69) is 102 Å². The first-order valence-electron chi connectivity index (χ1n) is 16.3. The van der Waals surface area contributed by atoms with Gasteiger partial charge in [-0.05, 0) is 63.5 Å². The van der Waals surface area contributed by atoms with Crippen LogP contribution in [0, 0.1) is 0 Å². The number of hydrogen-bond acceptors (Lipinski definition) is 7. The Bertz CT molecular complexity index is 1060. The topological polar surface area (TPSA) is 120 Å². The standard InChI is InChI=1S/C25H41NOS2.C11H15N3O3/c1-4-5-6-7-8-9-10-11-12-13-14-15-16-17-18-19-20-21-25(27)26-22-23-28-29-24(2)3;15-6-2-5-13-10(16)8-14-11(17)9-3-1-4-12-7-9/h5-6,8-9,11-12,14-15,17-18,24H,4,7,10,13,16,19-23H2,1-3H3,(H,26,27);1,3-4,7,15H,2,5-6,8H2,(H,13,16)(H,14,17)/b6-5-,9-8-,12-11-,15-14-,18-17-;.